The van der Waals surface area contributed by atoms with Gasteiger partial charge >= 0.3 is 0 Å². The molecule has 9 heterocycles. The van der Waals surface area contributed by atoms with Gasteiger partial charge in [-0.15, -0.1) is 118 Å². The number of nitrogens with zero attached hydrogens (tertiary/aromatic N) is 12. The number of rotatable bonds is 7. The van der Waals surface area contributed by atoms with Gasteiger partial charge in [-0.2, -0.15) is 37.0 Å². The summed E-state index contributed by atoms with van der Waals surface area (Å²) in [7, 11) is 0. The molecule has 2 aliphatic heterocycles. The Morgan fingerprint density at radius 2 is 0.929 bits per heavy atom. The van der Waals surface area contributed by atoms with E-state index in [1.807, 2.05) is 91.7 Å². The summed E-state index contributed by atoms with van der Waals surface area (Å²) in [6.45, 7) is 8.43. The third-order valence-corrected chi connectivity index (χ3v) is 16.1. The van der Waals surface area contributed by atoms with Gasteiger partial charge in [0, 0.05) is 209 Å². The summed E-state index contributed by atoms with van der Waals surface area (Å²) in [5.41, 5.74) is 16.0. The van der Waals surface area contributed by atoms with E-state index in [1.165, 1.54) is 56.5 Å². The van der Waals surface area contributed by atoms with E-state index in [0.29, 0.717) is 17.1 Å². The molecule has 0 bridgehead atoms. The fourth-order valence-corrected chi connectivity index (χ4v) is 11.2. The molecule has 2 aliphatic rings. The molecular weight excluding hydrogens is 2510 g/mol. The van der Waals surface area contributed by atoms with Crippen LogP contribution in [0.2, 0.25) is 0 Å². The molecule has 0 fully saturated rings. The zero-order valence-corrected chi connectivity index (χ0v) is 73.7. The van der Waals surface area contributed by atoms with E-state index in [2.05, 4.69) is 178 Å². The van der Waals surface area contributed by atoms with Crippen molar-refractivity contribution in [2.75, 3.05) is 10.2 Å². The van der Waals surface area contributed by atoms with Crippen molar-refractivity contribution in [2.45, 2.75) is 26.9 Å². The van der Waals surface area contributed by atoms with Crippen molar-refractivity contribution >= 4 is 44.4 Å². The number of hydrogen-bond donors (Lipinski definition) is 1. The molecule has 16 aromatic rings. The Morgan fingerprint density at radius 1 is 0.407 bits per heavy atom. The number of imidazole rings is 1. The van der Waals surface area contributed by atoms with E-state index in [-0.39, 0.29) is 149 Å². The minimum atomic E-state index is -0.649. The molecule has 18 rings (SSSR count). The Bertz CT molecular complexity index is 5470. The minimum Gasteiger partial charge on any atom is -0.514 e. The van der Waals surface area contributed by atoms with Crippen LogP contribution in [0, 0.1) is 105 Å². The number of halogens is 7. The van der Waals surface area contributed by atoms with Crippen LogP contribution < -0.4 is 10.2 Å². The maximum Gasteiger partial charge on any atom is 0.226 e. The normalized spacial score (nSPS) is 10.9. The van der Waals surface area contributed by atoms with Crippen molar-refractivity contribution in [3.63, 3.8) is 0 Å². The summed E-state index contributed by atoms with van der Waals surface area (Å²) >= 11 is 0. The van der Waals surface area contributed by atoms with Crippen LogP contribution in [0.5, 0.6) is 0 Å². The average Bonchev–Trinajstić information content (AvgIpc) is 1.57. The number of hydrogen-bond acceptors (Lipinski definition) is 12. The number of para-hydroxylation sites is 3. The summed E-state index contributed by atoms with van der Waals surface area (Å²) in [5, 5.41) is 21.0. The zero-order chi connectivity index (χ0) is 74.4. The van der Waals surface area contributed by atoms with Gasteiger partial charge in [0.15, 0.2) is 0 Å². The van der Waals surface area contributed by atoms with Crippen molar-refractivity contribution < 1.29 is 151 Å². The van der Waals surface area contributed by atoms with Crippen LogP contribution in [0.15, 0.2) is 307 Å². The SMILES string of the molecule is Cc1ccc2c(c1)c1ccc[c-]c1c1ncc(-c3c(C)cccc3C)n21.Fc1c[c-]c(-c2ccccn2)c(F)c1.Fc1c[c-]c(-c2ccccn2)c(F)c1.Fc1c[c-]c(-c2ccccn2)c(F)c1.Fc1ccc(-c2[c-]cccc2)nc1.[Ir].[Ir].[Ir].[Ir].[Ir].[Ir].[c-]1ccccc1N1[CH-]Nc2ccccc21.c1ccc(C2N=NN=N2)nc1. The van der Waals surface area contributed by atoms with E-state index < -0.39 is 34.9 Å². The maximum atomic E-state index is 13.2. The Morgan fingerprint density at radius 3 is 1.42 bits per heavy atom. The van der Waals surface area contributed by atoms with Crippen LogP contribution in [-0.4, -0.2) is 34.3 Å². The Balaban J connectivity index is 0.000000207. The molecule has 1 N–H and O–H groups in total. The first kappa shape index (κ1) is 92.0. The van der Waals surface area contributed by atoms with E-state index in [1.54, 1.807) is 91.5 Å². The fraction of sp³-hybridized carbons (Fsp3) is 0.0460. The second kappa shape index (κ2) is 45.7. The quantitative estimate of drug-likeness (QED) is 0.0943. The summed E-state index contributed by atoms with van der Waals surface area (Å²) in [6, 6.07) is 89.7. The molecule has 0 spiro atoms. The van der Waals surface area contributed by atoms with Crippen LogP contribution in [0.25, 0.3) is 83.6 Å². The monoisotopic (exact) mass is 2580 g/mol. The van der Waals surface area contributed by atoms with Crippen molar-refractivity contribution in [1.82, 2.24) is 34.3 Å². The first-order valence-corrected chi connectivity index (χ1v) is 33.1. The van der Waals surface area contributed by atoms with Gasteiger partial charge in [0.2, 0.25) is 6.17 Å². The summed E-state index contributed by atoms with van der Waals surface area (Å²) < 4.78 is 92.2. The average molecular weight is 2570 g/mol. The number of aromatic nitrogens is 7. The summed E-state index contributed by atoms with van der Waals surface area (Å²) in [6.07, 6.45) is 9.22. The molecule has 9 aromatic carbocycles. The number of fused-ring (bicyclic) bond motifs is 7. The van der Waals surface area contributed by atoms with E-state index in [9.17, 15) is 30.7 Å². The van der Waals surface area contributed by atoms with Crippen LogP contribution in [-0.2, 0) is 121 Å². The number of benzene rings is 9. The predicted molar refractivity (Wildman–Crippen MR) is 401 cm³/mol. The molecule has 582 valence electrons. The number of aryl methyl sites for hydroxylation is 3. The molecule has 0 amide bonds. The standard InChI is InChI=1S/C24H19N2.C13H10N2.3C11H6F2N.C11H7FN.C6H5N5.6Ir/c1-15-11-12-21-20(13-15)18-9-4-5-10-19(18)24-25-14-22(26(21)24)23-16(2)7-6-8-17(23)3;1-2-6-11(7-3-1)15-10-14-12-8-4-5-9-13(12)15;3*12-8-4-5-9(10(13)7-8)11-3-1-2-6-14-11;12-10-6-7-11(13-8-10)9-4-2-1-3-5-9;1-2-4-7-5(3-1)6-8-10-11-9-6;;;;;;/h4-9,11-14H,1-3H3;1-6,8-10,14H;3*1-4,6-7H;1-4,6-8H;1-4,6H;;;;;;/q-1;-2;4*-1;;;;;;;. The van der Waals surface area contributed by atoms with Crippen LogP contribution >= 0.6 is 0 Å². The van der Waals surface area contributed by atoms with E-state index in [4.69, 9.17) is 4.98 Å². The first-order chi connectivity index (χ1) is 52.2. The Kier molecular flexibility index (Phi) is 37.2. The molecule has 7 aromatic heterocycles. The zero-order valence-electron chi connectivity index (χ0n) is 59.3. The fourth-order valence-electron chi connectivity index (χ4n) is 11.2. The van der Waals surface area contributed by atoms with E-state index in [0.717, 1.165) is 81.5 Å². The van der Waals surface area contributed by atoms with Crippen LogP contribution in [0.4, 0.5) is 47.8 Å². The molecule has 6 radical (unpaired) electrons. The molecule has 26 heteroatoms. The molecule has 13 nitrogen and oxygen atoms in total. The van der Waals surface area contributed by atoms with Gasteiger partial charge in [0.1, 0.15) is 5.82 Å². The molecule has 0 aliphatic carbocycles. The van der Waals surface area contributed by atoms with Crippen LogP contribution in [0.1, 0.15) is 28.6 Å². The second-order valence-electron chi connectivity index (χ2n) is 23.4. The summed E-state index contributed by atoms with van der Waals surface area (Å²) in [5.74, 6) is -4.18. The second-order valence-corrected chi connectivity index (χ2v) is 23.4. The van der Waals surface area contributed by atoms with Gasteiger partial charge in [0.25, 0.3) is 0 Å². The first-order valence-electron chi connectivity index (χ1n) is 33.1. The summed E-state index contributed by atoms with van der Waals surface area (Å²) in [4.78, 5) is 26.7. The van der Waals surface area contributed by atoms with Crippen molar-refractivity contribution in [3.05, 3.63) is 392 Å². The molecular formula is C87H59F7Ir6N13-7. The van der Waals surface area contributed by atoms with Gasteiger partial charge in [-0.05, 0) is 125 Å². The molecule has 0 atom stereocenters. The number of nitrogens with one attached hydrogen (secondary N) is 1. The van der Waals surface area contributed by atoms with Gasteiger partial charge < -0.3 is 34.6 Å². The third-order valence-electron chi connectivity index (χ3n) is 16.1. The molecule has 0 unspecified atom stereocenters. The minimum absolute atomic E-state index is 0. The van der Waals surface area contributed by atoms with Crippen molar-refractivity contribution in [1.29, 1.82) is 0 Å². The Labute approximate surface area is 729 Å². The number of pyridine rings is 6. The predicted octanol–water partition coefficient (Wildman–Crippen LogP) is 22.3. The van der Waals surface area contributed by atoms with Gasteiger partial charge in [0.05, 0.1) is 23.2 Å². The van der Waals surface area contributed by atoms with Crippen molar-refractivity contribution in [3.8, 4) is 56.3 Å². The molecule has 113 heavy (non-hydrogen) atoms. The van der Waals surface area contributed by atoms with Crippen molar-refractivity contribution in [2.24, 2.45) is 20.7 Å². The molecule has 0 saturated carbocycles. The maximum absolute atomic E-state index is 13.2. The largest absolute Gasteiger partial charge is 0.514 e. The van der Waals surface area contributed by atoms with Gasteiger partial charge in [-0.25, -0.2) is 4.39 Å². The third kappa shape index (κ3) is 24.3. The van der Waals surface area contributed by atoms with Gasteiger partial charge in [-0.3, -0.25) is 36.3 Å². The smallest absolute Gasteiger partial charge is 0.226 e. The van der Waals surface area contributed by atoms with E-state index >= 15 is 0 Å². The van der Waals surface area contributed by atoms with Crippen LogP contribution in [0.3, 0.4) is 0 Å². The van der Waals surface area contributed by atoms with Gasteiger partial charge in [-0.1, -0.05) is 137 Å². The Hall–Kier alpha value is -9.85. The number of anilines is 3. The molecule has 0 saturated heterocycles. The topological polar surface area (TPSA) is 146 Å².